The number of ether oxygens (including phenoxy) is 3. The monoisotopic (exact) mass is 426 g/mol. The maximum Gasteiger partial charge on any atom is 0.338 e. The van der Waals surface area contributed by atoms with Crippen molar-refractivity contribution in [3.05, 3.63) is 58.8 Å². The third kappa shape index (κ3) is 4.83. The number of hydrogen-bond acceptors (Lipinski definition) is 7. The highest BCUT2D eigenvalue weighted by molar-refractivity contribution is 5.89. The predicted molar refractivity (Wildman–Crippen MR) is 113 cm³/mol. The van der Waals surface area contributed by atoms with Crippen LogP contribution in [0.5, 0.6) is 0 Å². The van der Waals surface area contributed by atoms with E-state index in [1.165, 1.54) is 4.68 Å². The number of hydrogen-bond donors (Lipinski definition) is 0. The van der Waals surface area contributed by atoms with Crippen LogP contribution in [0.3, 0.4) is 0 Å². The first-order valence-electron chi connectivity index (χ1n) is 10.6. The zero-order valence-electron chi connectivity index (χ0n) is 17.5. The number of carbonyl (C=O) groups is 1. The molecule has 3 heterocycles. The minimum absolute atomic E-state index is 0.108. The number of fused-ring (bicyclic) bond motifs is 1. The highest BCUT2D eigenvalue weighted by Crippen LogP contribution is 2.30. The zero-order chi connectivity index (χ0) is 21.6. The highest BCUT2D eigenvalue weighted by atomic mass is 16.6. The van der Waals surface area contributed by atoms with Gasteiger partial charge in [0.15, 0.2) is 5.52 Å². The number of benzene rings is 1. The van der Waals surface area contributed by atoms with Gasteiger partial charge in [0.05, 0.1) is 29.7 Å². The molecule has 0 N–H and O–H groups in total. The molecule has 0 bridgehead atoms. The van der Waals surface area contributed by atoms with Gasteiger partial charge in [-0.05, 0) is 31.4 Å². The van der Waals surface area contributed by atoms with E-state index in [-0.39, 0.29) is 37.2 Å². The Morgan fingerprint density at radius 2 is 2.10 bits per heavy atom. The molecule has 164 valence electrons. The fourth-order valence-corrected chi connectivity index (χ4v) is 3.52. The lowest BCUT2D eigenvalue weighted by Crippen LogP contribution is -2.25. The van der Waals surface area contributed by atoms with E-state index < -0.39 is 0 Å². The molecule has 3 aromatic rings. The molecular formula is C22H26N4O5. The standard InChI is InChI=1S/C22H26N4O5/c1-2-3-11-29-15-26-21(27)20-18(12-24-26)25(14-23-20)19-10-9-17(31-19)13-30-22(28)16-7-5-4-6-8-16/h4-8,12,14,17,19H,2-3,9-11,13,15H2,1H3/t17-,19+/m0/s1. The Morgan fingerprint density at radius 3 is 2.90 bits per heavy atom. The molecule has 2 atom stereocenters. The maximum atomic E-state index is 12.6. The Balaban J connectivity index is 1.37. The van der Waals surface area contributed by atoms with Gasteiger partial charge in [0.2, 0.25) is 0 Å². The minimum Gasteiger partial charge on any atom is -0.459 e. The zero-order valence-corrected chi connectivity index (χ0v) is 17.5. The Morgan fingerprint density at radius 1 is 1.26 bits per heavy atom. The molecule has 0 saturated carbocycles. The topological polar surface area (TPSA) is 97.5 Å². The van der Waals surface area contributed by atoms with E-state index in [4.69, 9.17) is 14.2 Å². The number of imidazole rings is 1. The summed E-state index contributed by atoms with van der Waals surface area (Å²) < 4.78 is 20.0. The number of aromatic nitrogens is 4. The molecule has 31 heavy (non-hydrogen) atoms. The molecule has 1 aliphatic heterocycles. The van der Waals surface area contributed by atoms with Gasteiger partial charge in [-0.25, -0.2) is 14.5 Å². The molecule has 0 aliphatic carbocycles. The van der Waals surface area contributed by atoms with Gasteiger partial charge in [0.1, 0.15) is 19.6 Å². The van der Waals surface area contributed by atoms with Gasteiger partial charge >= 0.3 is 5.97 Å². The van der Waals surface area contributed by atoms with E-state index >= 15 is 0 Å². The van der Waals surface area contributed by atoms with E-state index in [1.807, 2.05) is 10.6 Å². The molecule has 1 fully saturated rings. The average Bonchev–Trinajstić information content (AvgIpc) is 3.44. The molecule has 9 nitrogen and oxygen atoms in total. The van der Waals surface area contributed by atoms with Gasteiger partial charge in [-0.2, -0.15) is 5.10 Å². The van der Waals surface area contributed by atoms with E-state index in [2.05, 4.69) is 17.0 Å². The third-order valence-electron chi connectivity index (χ3n) is 5.25. The highest BCUT2D eigenvalue weighted by Gasteiger charge is 2.29. The summed E-state index contributed by atoms with van der Waals surface area (Å²) in [4.78, 5) is 29.0. The normalized spacial score (nSPS) is 18.5. The summed E-state index contributed by atoms with van der Waals surface area (Å²) in [7, 11) is 0. The van der Waals surface area contributed by atoms with Crippen LogP contribution in [0, 0.1) is 0 Å². The second kappa shape index (κ2) is 9.84. The van der Waals surface area contributed by atoms with Crippen LogP contribution in [-0.2, 0) is 20.9 Å². The summed E-state index contributed by atoms with van der Waals surface area (Å²) in [5.74, 6) is -0.369. The molecule has 2 aromatic heterocycles. The smallest absolute Gasteiger partial charge is 0.338 e. The molecule has 9 heteroatoms. The summed E-state index contributed by atoms with van der Waals surface area (Å²) in [5.41, 5.74) is 1.16. The quantitative estimate of drug-likeness (QED) is 0.383. The number of rotatable bonds is 9. The number of carbonyl (C=O) groups excluding carboxylic acids is 1. The van der Waals surface area contributed by atoms with Crippen molar-refractivity contribution in [1.82, 2.24) is 19.3 Å². The Hall–Kier alpha value is -3.04. The lowest BCUT2D eigenvalue weighted by Gasteiger charge is -2.16. The lowest BCUT2D eigenvalue weighted by molar-refractivity contribution is -0.0307. The summed E-state index contributed by atoms with van der Waals surface area (Å²) >= 11 is 0. The van der Waals surface area contributed by atoms with Crippen LogP contribution in [0.15, 0.2) is 47.7 Å². The summed E-state index contributed by atoms with van der Waals surface area (Å²) in [6.07, 6.45) is 6.13. The molecule has 0 amide bonds. The first-order chi connectivity index (χ1) is 15.2. The fraction of sp³-hybridized carbons (Fsp3) is 0.455. The van der Waals surface area contributed by atoms with E-state index in [0.717, 1.165) is 25.7 Å². The Kier molecular flexibility index (Phi) is 6.73. The van der Waals surface area contributed by atoms with Crippen LogP contribution >= 0.6 is 0 Å². The predicted octanol–water partition coefficient (Wildman–Crippen LogP) is 2.90. The van der Waals surface area contributed by atoms with Crippen molar-refractivity contribution in [1.29, 1.82) is 0 Å². The molecule has 0 spiro atoms. The Labute approximate surface area is 179 Å². The summed E-state index contributed by atoms with van der Waals surface area (Å²) in [5, 5.41) is 4.21. The van der Waals surface area contributed by atoms with Crippen molar-refractivity contribution < 1.29 is 19.0 Å². The molecule has 4 rings (SSSR count). The first kappa shape index (κ1) is 21.2. The van der Waals surface area contributed by atoms with Crippen molar-refractivity contribution in [2.45, 2.75) is 51.7 Å². The molecule has 0 radical (unpaired) electrons. The van der Waals surface area contributed by atoms with Crippen LogP contribution in [0.1, 0.15) is 49.2 Å². The molecule has 1 aliphatic rings. The molecule has 1 saturated heterocycles. The number of unbranched alkanes of at least 4 members (excludes halogenated alkanes) is 1. The van der Waals surface area contributed by atoms with Crippen LogP contribution in [0.4, 0.5) is 0 Å². The maximum absolute atomic E-state index is 12.6. The van der Waals surface area contributed by atoms with Crippen molar-refractivity contribution in [3.8, 4) is 0 Å². The lowest BCUT2D eigenvalue weighted by atomic mass is 10.2. The van der Waals surface area contributed by atoms with Crippen LogP contribution in [0.2, 0.25) is 0 Å². The Bertz CT molecular complexity index is 1080. The second-order valence-electron chi connectivity index (χ2n) is 7.48. The van der Waals surface area contributed by atoms with Gasteiger partial charge in [0, 0.05) is 6.61 Å². The first-order valence-corrected chi connectivity index (χ1v) is 10.6. The molecule has 0 unspecified atom stereocenters. The van der Waals surface area contributed by atoms with Crippen LogP contribution in [-0.4, -0.2) is 44.6 Å². The van der Waals surface area contributed by atoms with Crippen molar-refractivity contribution in [3.63, 3.8) is 0 Å². The average molecular weight is 426 g/mol. The largest absolute Gasteiger partial charge is 0.459 e. The van der Waals surface area contributed by atoms with Crippen molar-refractivity contribution >= 4 is 17.0 Å². The van der Waals surface area contributed by atoms with Crippen molar-refractivity contribution in [2.24, 2.45) is 0 Å². The second-order valence-corrected chi connectivity index (χ2v) is 7.48. The number of nitrogens with zero attached hydrogens (tertiary/aromatic N) is 4. The summed E-state index contributed by atoms with van der Waals surface area (Å²) in [6, 6.07) is 8.87. The van der Waals surface area contributed by atoms with Gasteiger partial charge < -0.3 is 18.8 Å². The van der Waals surface area contributed by atoms with E-state index in [0.29, 0.717) is 23.2 Å². The fourth-order valence-electron chi connectivity index (χ4n) is 3.52. The van der Waals surface area contributed by atoms with Gasteiger partial charge in [-0.15, -0.1) is 0 Å². The van der Waals surface area contributed by atoms with Crippen LogP contribution in [0.25, 0.3) is 11.0 Å². The van der Waals surface area contributed by atoms with Crippen LogP contribution < -0.4 is 5.56 Å². The minimum atomic E-state index is -0.369. The molecular weight excluding hydrogens is 400 g/mol. The van der Waals surface area contributed by atoms with Gasteiger partial charge in [-0.1, -0.05) is 31.5 Å². The van der Waals surface area contributed by atoms with E-state index in [9.17, 15) is 9.59 Å². The third-order valence-corrected chi connectivity index (χ3v) is 5.25. The molecule has 1 aromatic carbocycles. The SMILES string of the molecule is CCCCOCn1ncc2c(ncn2[C@H]2CC[C@@H](COC(=O)c3ccccc3)O2)c1=O. The number of esters is 1. The van der Waals surface area contributed by atoms with Gasteiger partial charge in [0.25, 0.3) is 5.56 Å². The van der Waals surface area contributed by atoms with E-state index in [1.54, 1.807) is 36.8 Å². The summed E-state index contributed by atoms with van der Waals surface area (Å²) in [6.45, 7) is 2.95. The van der Waals surface area contributed by atoms with Crippen molar-refractivity contribution in [2.75, 3.05) is 13.2 Å². The van der Waals surface area contributed by atoms with Gasteiger partial charge in [-0.3, -0.25) is 4.79 Å².